The fourth-order valence-corrected chi connectivity index (χ4v) is 3.72. The molecule has 2 aromatic heterocycles. The summed E-state index contributed by atoms with van der Waals surface area (Å²) in [4.78, 5) is 20.2. The van der Waals surface area contributed by atoms with Gasteiger partial charge in [0.15, 0.2) is 11.5 Å². The van der Waals surface area contributed by atoms with E-state index in [1.54, 1.807) is 14.0 Å². The monoisotopic (exact) mass is 466 g/mol. The van der Waals surface area contributed by atoms with Crippen molar-refractivity contribution >= 4 is 39.0 Å². The molecule has 0 aliphatic rings. The number of nitrogens with zero attached hydrogens (tertiary/aromatic N) is 4. The minimum atomic E-state index is -3.97. The number of rotatable bonds is 7. The molecule has 3 aromatic rings. The van der Waals surface area contributed by atoms with E-state index in [1.165, 1.54) is 49.2 Å². The summed E-state index contributed by atoms with van der Waals surface area (Å²) in [5.74, 6) is -0.408. The van der Waals surface area contributed by atoms with Crippen molar-refractivity contribution in [3.63, 3.8) is 0 Å². The number of ether oxygens (including phenoxy) is 2. The van der Waals surface area contributed by atoms with Crippen LogP contribution in [0.3, 0.4) is 0 Å². The maximum atomic E-state index is 12.7. The molecule has 0 saturated heterocycles. The quantitative estimate of drug-likeness (QED) is 0.540. The molecular formula is C18H19ClN6O5S. The first kappa shape index (κ1) is 22.3. The number of anilines is 2. The van der Waals surface area contributed by atoms with E-state index < -0.39 is 15.9 Å². The number of carbonyl (C=O) groups excluding carboxylic acids is 1. The van der Waals surface area contributed by atoms with E-state index in [9.17, 15) is 13.2 Å². The molecule has 31 heavy (non-hydrogen) atoms. The normalized spacial score (nSPS) is 11.1. The second kappa shape index (κ2) is 8.78. The lowest BCUT2D eigenvalue weighted by Gasteiger charge is -2.10. The summed E-state index contributed by atoms with van der Waals surface area (Å²) in [6.07, 6.45) is 0. The molecule has 0 radical (unpaired) electrons. The summed E-state index contributed by atoms with van der Waals surface area (Å²) in [6.45, 7) is 1.74. The van der Waals surface area contributed by atoms with E-state index in [0.717, 1.165) is 0 Å². The van der Waals surface area contributed by atoms with Gasteiger partial charge in [-0.1, -0.05) is 11.6 Å². The van der Waals surface area contributed by atoms with E-state index in [4.69, 9.17) is 21.1 Å². The molecular weight excluding hydrogens is 448 g/mol. The first-order valence-corrected chi connectivity index (χ1v) is 10.6. The minimum Gasteiger partial charge on any atom is -0.481 e. The molecule has 13 heteroatoms. The van der Waals surface area contributed by atoms with Gasteiger partial charge in [-0.3, -0.25) is 14.2 Å². The van der Waals surface area contributed by atoms with Crippen LogP contribution in [0, 0.1) is 6.92 Å². The van der Waals surface area contributed by atoms with Gasteiger partial charge in [0.1, 0.15) is 0 Å². The highest BCUT2D eigenvalue weighted by Crippen LogP contribution is 2.23. The van der Waals surface area contributed by atoms with E-state index >= 15 is 0 Å². The van der Waals surface area contributed by atoms with E-state index in [-0.39, 0.29) is 33.3 Å². The number of sulfonamides is 1. The van der Waals surface area contributed by atoms with Crippen LogP contribution in [0.5, 0.6) is 11.9 Å². The molecule has 0 atom stereocenters. The van der Waals surface area contributed by atoms with Crippen LogP contribution in [-0.2, 0) is 17.1 Å². The van der Waals surface area contributed by atoms with Crippen molar-refractivity contribution in [2.45, 2.75) is 11.8 Å². The Morgan fingerprint density at radius 3 is 2.35 bits per heavy atom. The van der Waals surface area contributed by atoms with Gasteiger partial charge < -0.3 is 14.8 Å². The summed E-state index contributed by atoms with van der Waals surface area (Å²) >= 11 is 6.12. The van der Waals surface area contributed by atoms with Gasteiger partial charge in [-0.05, 0) is 31.2 Å². The van der Waals surface area contributed by atoms with Crippen molar-refractivity contribution in [3.05, 3.63) is 46.7 Å². The Kier molecular flexibility index (Phi) is 6.32. The number of hydrogen-bond acceptors (Lipinski definition) is 8. The van der Waals surface area contributed by atoms with Crippen molar-refractivity contribution in [1.82, 2.24) is 19.7 Å². The zero-order valence-electron chi connectivity index (χ0n) is 17.0. The van der Waals surface area contributed by atoms with Crippen LogP contribution in [0.4, 0.5) is 11.5 Å². The highest BCUT2D eigenvalue weighted by molar-refractivity contribution is 7.92. The van der Waals surface area contributed by atoms with Crippen LogP contribution >= 0.6 is 11.6 Å². The SMILES string of the molecule is COc1cc(NS(=O)(=O)c2ccc(NC(=O)c3nn(C)c(C)c3Cl)cc2)nc(OC)n1. The van der Waals surface area contributed by atoms with Gasteiger partial charge in [0, 0.05) is 18.8 Å². The van der Waals surface area contributed by atoms with Crippen LogP contribution in [0.1, 0.15) is 16.2 Å². The van der Waals surface area contributed by atoms with Gasteiger partial charge in [0.2, 0.25) is 5.88 Å². The predicted molar refractivity (Wildman–Crippen MR) is 113 cm³/mol. The Labute approximate surface area is 183 Å². The highest BCUT2D eigenvalue weighted by Gasteiger charge is 2.20. The number of hydrogen-bond donors (Lipinski definition) is 2. The van der Waals surface area contributed by atoms with Crippen molar-refractivity contribution in [3.8, 4) is 11.9 Å². The van der Waals surface area contributed by atoms with Crippen molar-refractivity contribution in [2.75, 3.05) is 24.3 Å². The van der Waals surface area contributed by atoms with Gasteiger partial charge in [-0.2, -0.15) is 15.1 Å². The molecule has 3 rings (SSSR count). The lowest BCUT2D eigenvalue weighted by Crippen LogP contribution is -2.16. The predicted octanol–water partition coefficient (Wildman–Crippen LogP) is 2.24. The van der Waals surface area contributed by atoms with Crippen molar-refractivity contribution < 1.29 is 22.7 Å². The number of amides is 1. The first-order chi connectivity index (χ1) is 14.6. The summed E-state index contributed by atoms with van der Waals surface area (Å²) in [6, 6.07) is 6.80. The van der Waals surface area contributed by atoms with E-state index in [1.807, 2.05) is 0 Å². The molecule has 1 aromatic carbocycles. The molecule has 0 unspecified atom stereocenters. The average Bonchev–Trinajstić information content (AvgIpc) is 3.00. The Morgan fingerprint density at radius 2 is 1.81 bits per heavy atom. The average molecular weight is 467 g/mol. The second-order valence-electron chi connectivity index (χ2n) is 6.24. The lowest BCUT2D eigenvalue weighted by molar-refractivity contribution is 0.102. The van der Waals surface area contributed by atoms with Crippen LogP contribution in [0.15, 0.2) is 35.2 Å². The smallest absolute Gasteiger partial charge is 0.321 e. The lowest BCUT2D eigenvalue weighted by atomic mass is 10.3. The van der Waals surface area contributed by atoms with Gasteiger partial charge in [-0.15, -0.1) is 0 Å². The van der Waals surface area contributed by atoms with Gasteiger partial charge in [-0.25, -0.2) is 8.42 Å². The number of aromatic nitrogens is 4. The topological polar surface area (TPSA) is 137 Å². The molecule has 0 saturated carbocycles. The van der Waals surface area contributed by atoms with Crippen LogP contribution < -0.4 is 19.5 Å². The second-order valence-corrected chi connectivity index (χ2v) is 8.30. The van der Waals surface area contributed by atoms with Crippen LogP contribution in [-0.4, -0.2) is 48.3 Å². The van der Waals surface area contributed by atoms with Crippen LogP contribution in [0.25, 0.3) is 0 Å². The summed E-state index contributed by atoms with van der Waals surface area (Å²) in [5, 5.41) is 6.95. The summed E-state index contributed by atoms with van der Waals surface area (Å²) in [5.41, 5.74) is 1.10. The molecule has 0 bridgehead atoms. The molecule has 164 valence electrons. The number of nitrogens with one attached hydrogen (secondary N) is 2. The van der Waals surface area contributed by atoms with Gasteiger partial charge >= 0.3 is 6.01 Å². The molecule has 0 aliphatic carbocycles. The third-order valence-corrected chi connectivity index (χ3v) is 6.03. The molecule has 2 heterocycles. The number of halogens is 1. The van der Waals surface area contributed by atoms with Crippen molar-refractivity contribution in [2.24, 2.45) is 7.05 Å². The Morgan fingerprint density at radius 1 is 1.13 bits per heavy atom. The first-order valence-electron chi connectivity index (χ1n) is 8.75. The van der Waals surface area contributed by atoms with E-state index in [2.05, 4.69) is 25.1 Å². The van der Waals surface area contributed by atoms with E-state index in [0.29, 0.717) is 11.4 Å². The third kappa shape index (κ3) is 4.86. The van der Waals surface area contributed by atoms with Gasteiger partial charge in [0.05, 0.1) is 29.8 Å². The summed E-state index contributed by atoms with van der Waals surface area (Å²) in [7, 11) is 0.432. The maximum absolute atomic E-state index is 12.7. The number of benzene rings is 1. The minimum absolute atomic E-state index is 0.0266. The summed E-state index contributed by atoms with van der Waals surface area (Å²) < 4.78 is 39.1. The Bertz CT molecular complexity index is 1200. The fourth-order valence-electron chi connectivity index (χ4n) is 2.48. The van der Waals surface area contributed by atoms with Gasteiger partial charge in [0.25, 0.3) is 15.9 Å². The molecule has 0 aliphatic heterocycles. The zero-order chi connectivity index (χ0) is 22.8. The van der Waals surface area contributed by atoms with Crippen molar-refractivity contribution in [1.29, 1.82) is 0 Å². The molecule has 0 spiro atoms. The zero-order valence-corrected chi connectivity index (χ0v) is 18.6. The molecule has 0 fully saturated rings. The molecule has 2 N–H and O–H groups in total. The Hall–Kier alpha value is -3.38. The Balaban J connectivity index is 1.77. The third-order valence-electron chi connectivity index (χ3n) is 4.21. The maximum Gasteiger partial charge on any atom is 0.321 e. The number of aryl methyl sites for hydroxylation is 1. The largest absolute Gasteiger partial charge is 0.481 e. The fraction of sp³-hybridized carbons (Fsp3) is 0.222. The highest BCUT2D eigenvalue weighted by atomic mass is 35.5. The number of methoxy groups -OCH3 is 2. The van der Waals surface area contributed by atoms with Crippen LogP contribution in [0.2, 0.25) is 5.02 Å². The molecule has 1 amide bonds. The number of carbonyl (C=O) groups is 1. The molecule has 11 nitrogen and oxygen atoms in total. The standard InChI is InChI=1S/C18H19ClN6O5S/c1-10-15(19)16(23-25(10)2)17(26)20-11-5-7-12(8-6-11)31(27,28)24-13-9-14(29-3)22-18(21-13)30-4/h5-9H,1-4H3,(H,20,26)(H,21,22,24).